The first-order valence-electron chi connectivity index (χ1n) is 9.57. The van der Waals surface area contributed by atoms with E-state index in [-0.39, 0.29) is 17.2 Å². The quantitative estimate of drug-likeness (QED) is 0.738. The highest BCUT2D eigenvalue weighted by Gasteiger charge is 2.28. The lowest BCUT2D eigenvalue weighted by atomic mass is 9.81. The fraction of sp³-hybridized carbons (Fsp3) is 0.318. The summed E-state index contributed by atoms with van der Waals surface area (Å²) >= 11 is 0. The minimum absolute atomic E-state index is 0.0783. The standard InChI is InChI=1S/C22H23N3O2/c26-21-17-13-7-8-14-18(17)24-25-20(21)22(27)23-19(15-9-3-1-4-10-15)16-11-5-2-6-12-16/h1,3-4,7-10,13-14,16,19H,2,5-6,11-12H2,(H,23,27)(H,24,26). The third-order valence-electron chi connectivity index (χ3n) is 5.46. The predicted octanol–water partition coefficient (Wildman–Crippen LogP) is 3.97. The Morgan fingerprint density at radius 2 is 1.70 bits per heavy atom. The van der Waals surface area contributed by atoms with E-state index in [0.29, 0.717) is 16.8 Å². The molecule has 1 saturated carbocycles. The molecular formula is C22H23N3O2. The number of carbonyl (C=O) groups excluding carboxylic acids is 1. The number of aromatic amines is 1. The second kappa shape index (κ2) is 7.74. The van der Waals surface area contributed by atoms with E-state index in [1.54, 1.807) is 18.2 Å². The van der Waals surface area contributed by atoms with E-state index in [9.17, 15) is 9.59 Å². The summed E-state index contributed by atoms with van der Waals surface area (Å²) in [6.07, 6.45) is 5.78. The Hall–Kier alpha value is -2.95. The third-order valence-corrected chi connectivity index (χ3v) is 5.46. The van der Waals surface area contributed by atoms with Crippen molar-refractivity contribution in [3.63, 3.8) is 0 Å². The van der Waals surface area contributed by atoms with Crippen LogP contribution in [0.4, 0.5) is 0 Å². The lowest BCUT2D eigenvalue weighted by molar-refractivity contribution is 0.0905. The van der Waals surface area contributed by atoms with Gasteiger partial charge in [0.25, 0.3) is 5.91 Å². The molecule has 5 heteroatoms. The first-order valence-corrected chi connectivity index (χ1v) is 9.57. The summed E-state index contributed by atoms with van der Waals surface area (Å²) in [5.41, 5.74) is 1.30. The molecule has 1 fully saturated rings. The number of nitrogens with one attached hydrogen (secondary N) is 2. The van der Waals surface area contributed by atoms with Crippen molar-refractivity contribution in [2.24, 2.45) is 5.92 Å². The number of para-hydroxylation sites is 1. The normalized spacial score (nSPS) is 16.1. The third kappa shape index (κ3) is 3.63. The number of aromatic nitrogens is 2. The molecule has 1 heterocycles. The van der Waals surface area contributed by atoms with Crippen molar-refractivity contribution >= 4 is 16.8 Å². The van der Waals surface area contributed by atoms with Gasteiger partial charge < -0.3 is 5.32 Å². The van der Waals surface area contributed by atoms with Crippen molar-refractivity contribution in [1.29, 1.82) is 0 Å². The van der Waals surface area contributed by atoms with Crippen molar-refractivity contribution < 1.29 is 4.79 Å². The fourth-order valence-electron chi connectivity index (χ4n) is 4.04. The Balaban J connectivity index is 1.66. The maximum Gasteiger partial charge on any atom is 0.276 e. The Labute approximate surface area is 157 Å². The number of hydrogen-bond acceptors (Lipinski definition) is 3. The molecule has 4 rings (SSSR count). The molecule has 1 aliphatic rings. The van der Waals surface area contributed by atoms with Crippen LogP contribution in [0.2, 0.25) is 0 Å². The van der Waals surface area contributed by atoms with Crippen molar-refractivity contribution in [2.75, 3.05) is 0 Å². The molecule has 0 aliphatic heterocycles. The maximum atomic E-state index is 12.9. The van der Waals surface area contributed by atoms with Gasteiger partial charge in [0, 0.05) is 5.39 Å². The summed E-state index contributed by atoms with van der Waals surface area (Å²) in [5.74, 6) is -0.0360. The van der Waals surface area contributed by atoms with Gasteiger partial charge in [-0.25, -0.2) is 0 Å². The summed E-state index contributed by atoms with van der Waals surface area (Å²) in [6, 6.07) is 17.0. The van der Waals surface area contributed by atoms with E-state index in [4.69, 9.17) is 0 Å². The summed E-state index contributed by atoms with van der Waals surface area (Å²) in [6.45, 7) is 0. The lowest BCUT2D eigenvalue weighted by Crippen LogP contribution is -2.37. The van der Waals surface area contributed by atoms with E-state index < -0.39 is 5.91 Å². The Bertz CT molecular complexity index is 991. The molecule has 1 amide bonds. The van der Waals surface area contributed by atoms with Crippen LogP contribution in [-0.4, -0.2) is 16.1 Å². The maximum absolute atomic E-state index is 12.9. The monoisotopic (exact) mass is 361 g/mol. The Morgan fingerprint density at radius 3 is 2.48 bits per heavy atom. The first-order chi connectivity index (χ1) is 13.2. The van der Waals surface area contributed by atoms with E-state index >= 15 is 0 Å². The number of amides is 1. The largest absolute Gasteiger partial charge is 0.343 e. The molecule has 0 saturated heterocycles. The molecular weight excluding hydrogens is 338 g/mol. The van der Waals surface area contributed by atoms with Crippen LogP contribution in [-0.2, 0) is 0 Å². The molecule has 2 aromatic carbocycles. The zero-order valence-electron chi connectivity index (χ0n) is 15.2. The van der Waals surface area contributed by atoms with E-state index in [2.05, 4.69) is 15.5 Å². The van der Waals surface area contributed by atoms with Gasteiger partial charge in [-0.15, -0.1) is 0 Å². The zero-order chi connectivity index (χ0) is 18.6. The number of benzene rings is 2. The Morgan fingerprint density at radius 1 is 1.00 bits per heavy atom. The van der Waals surface area contributed by atoms with Gasteiger partial charge >= 0.3 is 0 Å². The number of fused-ring (bicyclic) bond motifs is 1. The SMILES string of the molecule is O=C(NC(c1ccccc1)C1CCCCC1)c1n[nH]c2ccccc2c1=O. The van der Waals surface area contributed by atoms with E-state index in [1.165, 1.54) is 19.3 Å². The van der Waals surface area contributed by atoms with Gasteiger partial charge in [0.15, 0.2) is 5.69 Å². The number of carbonyl (C=O) groups is 1. The highest BCUT2D eigenvalue weighted by molar-refractivity contribution is 5.95. The molecule has 0 radical (unpaired) electrons. The number of rotatable bonds is 4. The number of nitrogens with zero attached hydrogens (tertiary/aromatic N) is 1. The molecule has 1 atom stereocenters. The second-order valence-electron chi connectivity index (χ2n) is 7.21. The van der Waals surface area contributed by atoms with Crippen molar-refractivity contribution in [3.8, 4) is 0 Å². The number of hydrogen-bond donors (Lipinski definition) is 2. The van der Waals surface area contributed by atoms with E-state index in [0.717, 1.165) is 18.4 Å². The fourth-order valence-corrected chi connectivity index (χ4v) is 4.04. The van der Waals surface area contributed by atoms with Crippen LogP contribution in [0.15, 0.2) is 59.4 Å². The van der Waals surface area contributed by atoms with E-state index in [1.807, 2.05) is 36.4 Å². The van der Waals surface area contributed by atoms with Gasteiger partial charge in [0.2, 0.25) is 5.43 Å². The second-order valence-corrected chi connectivity index (χ2v) is 7.21. The topological polar surface area (TPSA) is 74.8 Å². The van der Waals surface area contributed by atoms with Crippen LogP contribution in [0.3, 0.4) is 0 Å². The van der Waals surface area contributed by atoms with Gasteiger partial charge in [-0.05, 0) is 36.5 Å². The first kappa shape index (κ1) is 17.5. The van der Waals surface area contributed by atoms with Crippen LogP contribution in [0, 0.1) is 5.92 Å². The minimum atomic E-state index is -0.415. The number of H-pyrrole nitrogens is 1. The highest BCUT2D eigenvalue weighted by atomic mass is 16.2. The molecule has 1 aromatic heterocycles. The molecule has 0 spiro atoms. The van der Waals surface area contributed by atoms with Crippen LogP contribution in [0.5, 0.6) is 0 Å². The van der Waals surface area contributed by atoms with Gasteiger partial charge in [0.05, 0.1) is 11.6 Å². The molecule has 3 aromatic rings. The molecule has 138 valence electrons. The van der Waals surface area contributed by atoms with Gasteiger partial charge in [-0.1, -0.05) is 61.7 Å². The molecule has 27 heavy (non-hydrogen) atoms. The molecule has 1 unspecified atom stereocenters. The van der Waals surface area contributed by atoms with Gasteiger partial charge in [0.1, 0.15) is 0 Å². The van der Waals surface area contributed by atoms with Gasteiger partial charge in [-0.2, -0.15) is 5.10 Å². The van der Waals surface area contributed by atoms with Crippen LogP contribution >= 0.6 is 0 Å². The Kier molecular flexibility index (Phi) is 5.01. The molecule has 5 nitrogen and oxygen atoms in total. The summed E-state index contributed by atoms with van der Waals surface area (Å²) in [4.78, 5) is 25.7. The molecule has 2 N–H and O–H groups in total. The van der Waals surface area contributed by atoms with Crippen molar-refractivity contribution in [3.05, 3.63) is 76.1 Å². The molecule has 1 aliphatic carbocycles. The molecule has 0 bridgehead atoms. The van der Waals surface area contributed by atoms with Crippen molar-refractivity contribution in [2.45, 2.75) is 38.1 Å². The smallest absolute Gasteiger partial charge is 0.276 e. The summed E-state index contributed by atoms with van der Waals surface area (Å²) in [5, 5.41) is 10.5. The zero-order valence-corrected chi connectivity index (χ0v) is 15.2. The summed E-state index contributed by atoms with van der Waals surface area (Å²) < 4.78 is 0. The highest BCUT2D eigenvalue weighted by Crippen LogP contribution is 2.34. The minimum Gasteiger partial charge on any atom is -0.343 e. The van der Waals surface area contributed by atoms with Gasteiger partial charge in [-0.3, -0.25) is 14.7 Å². The van der Waals surface area contributed by atoms with Crippen LogP contribution in [0.25, 0.3) is 10.9 Å². The van der Waals surface area contributed by atoms with Crippen LogP contribution < -0.4 is 10.7 Å². The average molecular weight is 361 g/mol. The summed E-state index contributed by atoms with van der Waals surface area (Å²) in [7, 11) is 0. The van der Waals surface area contributed by atoms with Crippen LogP contribution in [0.1, 0.15) is 54.2 Å². The lowest BCUT2D eigenvalue weighted by Gasteiger charge is -2.31. The van der Waals surface area contributed by atoms with Crippen molar-refractivity contribution in [1.82, 2.24) is 15.5 Å². The average Bonchev–Trinajstić information content (AvgIpc) is 2.73. The predicted molar refractivity (Wildman–Crippen MR) is 106 cm³/mol.